The van der Waals surface area contributed by atoms with Crippen LogP contribution in [0, 0.1) is 0 Å². The van der Waals surface area contributed by atoms with Gasteiger partial charge in [-0.1, -0.05) is 13.8 Å². The van der Waals surface area contributed by atoms with Crippen molar-refractivity contribution >= 4 is 11.3 Å². The molecule has 1 aromatic heterocycles. The molecule has 0 saturated carbocycles. The summed E-state index contributed by atoms with van der Waals surface area (Å²) < 4.78 is 0. The molecule has 0 aromatic carbocycles. The van der Waals surface area contributed by atoms with E-state index in [-0.39, 0.29) is 0 Å². The Morgan fingerprint density at radius 2 is 2.25 bits per heavy atom. The molecular weight excluding hydrogens is 218 g/mol. The molecule has 92 valence electrons. The molecule has 1 heterocycles. The van der Waals surface area contributed by atoms with E-state index < -0.39 is 0 Å². The molecule has 1 unspecified atom stereocenters. The van der Waals surface area contributed by atoms with Crippen molar-refractivity contribution in [2.75, 3.05) is 13.1 Å². The summed E-state index contributed by atoms with van der Waals surface area (Å²) in [5.74, 6) is 0. The van der Waals surface area contributed by atoms with Crippen molar-refractivity contribution in [2.45, 2.75) is 46.2 Å². The van der Waals surface area contributed by atoms with E-state index in [0.717, 1.165) is 24.5 Å². The van der Waals surface area contributed by atoms with Crippen LogP contribution in [0.2, 0.25) is 0 Å². The summed E-state index contributed by atoms with van der Waals surface area (Å²) in [6.45, 7) is 9.45. The average Bonchev–Trinajstić information content (AvgIpc) is 2.73. The van der Waals surface area contributed by atoms with Crippen LogP contribution >= 0.6 is 11.3 Å². The third kappa shape index (κ3) is 3.85. The Balaban J connectivity index is 2.56. The third-order valence-electron chi connectivity index (χ3n) is 2.94. The van der Waals surface area contributed by atoms with Crippen LogP contribution in [-0.2, 0) is 13.0 Å². The molecule has 2 N–H and O–H groups in total. The van der Waals surface area contributed by atoms with Gasteiger partial charge in [0.2, 0.25) is 0 Å². The lowest BCUT2D eigenvalue weighted by atomic mass is 10.2. The first-order valence-electron chi connectivity index (χ1n) is 6.08. The molecule has 0 aliphatic heterocycles. The van der Waals surface area contributed by atoms with Crippen molar-refractivity contribution in [2.24, 2.45) is 5.73 Å². The number of rotatable bonds is 7. The minimum absolute atomic E-state index is 0.629. The van der Waals surface area contributed by atoms with Gasteiger partial charge in [0.05, 0.1) is 10.7 Å². The lowest BCUT2D eigenvalue weighted by Crippen LogP contribution is -2.31. The zero-order valence-corrected chi connectivity index (χ0v) is 11.4. The normalized spacial score (nSPS) is 13.3. The molecule has 4 heteroatoms. The second kappa shape index (κ2) is 6.99. The molecule has 16 heavy (non-hydrogen) atoms. The largest absolute Gasteiger partial charge is 0.330 e. The van der Waals surface area contributed by atoms with E-state index in [1.165, 1.54) is 12.1 Å². The van der Waals surface area contributed by atoms with E-state index in [2.05, 4.69) is 36.0 Å². The van der Waals surface area contributed by atoms with Gasteiger partial charge in [-0.15, -0.1) is 11.3 Å². The van der Waals surface area contributed by atoms with Gasteiger partial charge in [0.25, 0.3) is 0 Å². The maximum atomic E-state index is 5.52. The topological polar surface area (TPSA) is 42.1 Å². The lowest BCUT2D eigenvalue weighted by Gasteiger charge is -2.25. The van der Waals surface area contributed by atoms with Crippen molar-refractivity contribution in [1.82, 2.24) is 9.88 Å². The Morgan fingerprint density at radius 1 is 1.50 bits per heavy atom. The van der Waals surface area contributed by atoms with Crippen LogP contribution in [0.1, 0.15) is 37.9 Å². The Kier molecular flexibility index (Phi) is 5.95. The van der Waals surface area contributed by atoms with Gasteiger partial charge in [-0.25, -0.2) is 4.98 Å². The molecule has 0 saturated heterocycles. The first-order chi connectivity index (χ1) is 7.71. The predicted molar refractivity (Wildman–Crippen MR) is 70.7 cm³/mol. The van der Waals surface area contributed by atoms with E-state index in [9.17, 15) is 0 Å². The highest BCUT2D eigenvalue weighted by Gasteiger charge is 2.12. The second-order valence-electron chi connectivity index (χ2n) is 4.09. The minimum atomic E-state index is 0.629. The van der Waals surface area contributed by atoms with Gasteiger partial charge in [-0.3, -0.25) is 4.90 Å². The van der Waals surface area contributed by atoms with Crippen LogP contribution in [0.3, 0.4) is 0 Å². The zero-order valence-electron chi connectivity index (χ0n) is 10.6. The molecule has 1 rings (SSSR count). The fourth-order valence-corrected chi connectivity index (χ4v) is 2.51. The molecule has 0 amide bonds. The minimum Gasteiger partial charge on any atom is -0.330 e. The summed E-state index contributed by atoms with van der Waals surface area (Å²) in [5, 5.41) is 3.33. The molecule has 1 atom stereocenters. The van der Waals surface area contributed by atoms with Gasteiger partial charge in [0.1, 0.15) is 0 Å². The molecule has 0 bridgehead atoms. The van der Waals surface area contributed by atoms with Crippen LogP contribution in [0.15, 0.2) is 5.38 Å². The van der Waals surface area contributed by atoms with Gasteiger partial charge in [-0.2, -0.15) is 0 Å². The first kappa shape index (κ1) is 13.6. The number of nitrogens with two attached hydrogens (primary N) is 1. The molecule has 0 aliphatic rings. The van der Waals surface area contributed by atoms with E-state index in [1.54, 1.807) is 11.3 Å². The quantitative estimate of drug-likeness (QED) is 0.796. The number of hydrogen-bond donors (Lipinski definition) is 1. The maximum absolute atomic E-state index is 5.52. The smallest absolute Gasteiger partial charge is 0.0941 e. The number of hydrogen-bond acceptors (Lipinski definition) is 4. The van der Waals surface area contributed by atoms with Gasteiger partial charge >= 0.3 is 0 Å². The van der Waals surface area contributed by atoms with Crippen molar-refractivity contribution in [1.29, 1.82) is 0 Å². The number of nitrogens with zero attached hydrogens (tertiary/aromatic N) is 2. The van der Waals surface area contributed by atoms with Crippen LogP contribution in [0.4, 0.5) is 0 Å². The van der Waals surface area contributed by atoms with Crippen LogP contribution < -0.4 is 5.73 Å². The van der Waals surface area contributed by atoms with Crippen molar-refractivity contribution in [3.8, 4) is 0 Å². The molecule has 0 spiro atoms. The van der Waals surface area contributed by atoms with Crippen LogP contribution in [-0.4, -0.2) is 29.0 Å². The summed E-state index contributed by atoms with van der Waals surface area (Å²) in [6.07, 6.45) is 2.09. The third-order valence-corrected chi connectivity index (χ3v) is 3.90. The summed E-state index contributed by atoms with van der Waals surface area (Å²) in [7, 11) is 0. The summed E-state index contributed by atoms with van der Waals surface area (Å²) in [6, 6.07) is 0.629. The van der Waals surface area contributed by atoms with E-state index in [0.29, 0.717) is 12.6 Å². The summed E-state index contributed by atoms with van der Waals surface area (Å²) in [4.78, 5) is 7.06. The highest BCUT2D eigenvalue weighted by molar-refractivity contribution is 7.09. The SMILES string of the molecule is CCC(C)N(CC)Cc1csc(CCN)n1. The molecule has 3 nitrogen and oxygen atoms in total. The molecule has 1 aromatic rings. The Morgan fingerprint density at radius 3 is 2.81 bits per heavy atom. The molecular formula is C12H23N3S. The summed E-state index contributed by atoms with van der Waals surface area (Å²) >= 11 is 1.73. The Hall–Kier alpha value is -0.450. The van der Waals surface area contributed by atoms with Crippen LogP contribution in [0.25, 0.3) is 0 Å². The predicted octanol–water partition coefficient (Wildman–Crippen LogP) is 2.26. The average molecular weight is 241 g/mol. The summed E-state index contributed by atoms with van der Waals surface area (Å²) in [5.41, 5.74) is 6.71. The fraction of sp³-hybridized carbons (Fsp3) is 0.750. The zero-order chi connectivity index (χ0) is 12.0. The van der Waals surface area contributed by atoms with Crippen molar-refractivity contribution < 1.29 is 0 Å². The van der Waals surface area contributed by atoms with Gasteiger partial charge in [0.15, 0.2) is 0 Å². The monoisotopic (exact) mass is 241 g/mol. The Labute approximate surface area is 103 Å². The molecule has 0 aliphatic carbocycles. The molecule has 0 radical (unpaired) electrons. The van der Waals surface area contributed by atoms with Gasteiger partial charge in [0, 0.05) is 24.4 Å². The van der Waals surface area contributed by atoms with Gasteiger partial charge in [-0.05, 0) is 26.4 Å². The van der Waals surface area contributed by atoms with Crippen molar-refractivity contribution in [3.63, 3.8) is 0 Å². The van der Waals surface area contributed by atoms with E-state index in [1.807, 2.05) is 0 Å². The van der Waals surface area contributed by atoms with Gasteiger partial charge < -0.3 is 5.73 Å². The maximum Gasteiger partial charge on any atom is 0.0941 e. The molecule has 0 fully saturated rings. The van der Waals surface area contributed by atoms with E-state index >= 15 is 0 Å². The lowest BCUT2D eigenvalue weighted by molar-refractivity contribution is 0.204. The second-order valence-corrected chi connectivity index (χ2v) is 5.03. The highest BCUT2D eigenvalue weighted by atomic mass is 32.1. The van der Waals surface area contributed by atoms with E-state index in [4.69, 9.17) is 5.73 Å². The standard InChI is InChI=1S/C12H23N3S/c1-4-10(3)15(5-2)8-11-9-16-12(14-11)6-7-13/h9-10H,4-8,13H2,1-3H3. The number of aromatic nitrogens is 1. The van der Waals surface area contributed by atoms with Crippen molar-refractivity contribution in [3.05, 3.63) is 16.1 Å². The van der Waals surface area contributed by atoms with Crippen LogP contribution in [0.5, 0.6) is 0 Å². The number of thiazole rings is 1. The fourth-order valence-electron chi connectivity index (χ4n) is 1.71. The first-order valence-corrected chi connectivity index (χ1v) is 6.96. The Bertz CT molecular complexity index is 298. The highest BCUT2D eigenvalue weighted by Crippen LogP contribution is 2.14.